The number of amides is 1. The van der Waals surface area contributed by atoms with Crippen LogP contribution in [0.25, 0.3) is 0 Å². The first-order valence-corrected chi connectivity index (χ1v) is 10.1. The molecule has 1 atom stereocenters. The average molecular weight is 384 g/mol. The van der Waals surface area contributed by atoms with Gasteiger partial charge in [-0.05, 0) is 55.6 Å². The fourth-order valence-corrected chi connectivity index (χ4v) is 3.53. The number of carbonyl (C=O) groups is 1. The molecule has 0 bridgehead atoms. The summed E-state index contributed by atoms with van der Waals surface area (Å²) < 4.78 is 19.4. The maximum atomic E-state index is 13.8. The van der Waals surface area contributed by atoms with Crippen molar-refractivity contribution in [1.82, 2.24) is 10.2 Å². The second-order valence-electron chi connectivity index (χ2n) is 7.32. The summed E-state index contributed by atoms with van der Waals surface area (Å²) in [5.41, 5.74) is 2.33. The number of ether oxygens (including phenoxy) is 1. The highest BCUT2D eigenvalue weighted by molar-refractivity contribution is 5.81. The van der Waals surface area contributed by atoms with Gasteiger partial charge in [-0.25, -0.2) is 4.39 Å². The predicted molar refractivity (Wildman–Crippen MR) is 109 cm³/mol. The Hall–Kier alpha value is -2.40. The highest BCUT2D eigenvalue weighted by Crippen LogP contribution is 2.18. The van der Waals surface area contributed by atoms with Crippen LogP contribution in [0.2, 0.25) is 0 Å². The number of para-hydroxylation sites is 1. The highest BCUT2D eigenvalue weighted by atomic mass is 19.1. The van der Waals surface area contributed by atoms with E-state index in [1.807, 2.05) is 19.1 Å². The molecule has 0 spiro atoms. The molecule has 0 saturated carbocycles. The molecule has 1 saturated heterocycles. The van der Waals surface area contributed by atoms with E-state index in [0.717, 1.165) is 25.2 Å². The highest BCUT2D eigenvalue weighted by Gasteiger charge is 2.19. The molecule has 1 heterocycles. The van der Waals surface area contributed by atoms with Gasteiger partial charge in [-0.2, -0.15) is 0 Å². The Balaban J connectivity index is 1.54. The summed E-state index contributed by atoms with van der Waals surface area (Å²) in [6.45, 7) is 5.56. The van der Waals surface area contributed by atoms with Gasteiger partial charge >= 0.3 is 0 Å². The van der Waals surface area contributed by atoms with E-state index in [1.54, 1.807) is 12.1 Å². The standard InChI is InChI=1S/C23H29FN2O2/c1-2-21(28-22-12-5-4-11-20(22)24)23(27)25-16-18-9-8-10-19(15-18)17-26-13-6-3-7-14-26/h4-5,8-12,15,21H,2-3,6-7,13-14,16-17H2,1H3,(H,25,27). The number of nitrogens with zero attached hydrogens (tertiary/aromatic N) is 1. The van der Waals surface area contributed by atoms with Crippen molar-refractivity contribution in [1.29, 1.82) is 0 Å². The second-order valence-corrected chi connectivity index (χ2v) is 7.32. The largest absolute Gasteiger partial charge is 0.478 e. The van der Waals surface area contributed by atoms with Crippen molar-refractivity contribution in [2.75, 3.05) is 13.1 Å². The van der Waals surface area contributed by atoms with Crippen molar-refractivity contribution in [2.45, 2.75) is 51.8 Å². The van der Waals surface area contributed by atoms with Gasteiger partial charge < -0.3 is 10.1 Å². The summed E-state index contributed by atoms with van der Waals surface area (Å²) in [4.78, 5) is 15.0. The molecule has 1 unspecified atom stereocenters. The Labute approximate surface area is 166 Å². The van der Waals surface area contributed by atoms with Crippen molar-refractivity contribution >= 4 is 5.91 Å². The fourth-order valence-electron chi connectivity index (χ4n) is 3.53. The minimum absolute atomic E-state index is 0.105. The lowest BCUT2D eigenvalue weighted by molar-refractivity contribution is -0.128. The van der Waals surface area contributed by atoms with Gasteiger partial charge in [0.25, 0.3) is 5.91 Å². The first-order valence-electron chi connectivity index (χ1n) is 10.1. The zero-order valence-electron chi connectivity index (χ0n) is 16.5. The van der Waals surface area contributed by atoms with Gasteiger partial charge in [0, 0.05) is 13.1 Å². The van der Waals surface area contributed by atoms with Crippen LogP contribution in [0.3, 0.4) is 0 Å². The van der Waals surface area contributed by atoms with Crippen molar-refractivity contribution in [3.63, 3.8) is 0 Å². The smallest absolute Gasteiger partial charge is 0.261 e. The van der Waals surface area contributed by atoms with E-state index in [1.165, 1.54) is 37.0 Å². The van der Waals surface area contributed by atoms with Crippen molar-refractivity contribution in [3.05, 3.63) is 65.5 Å². The maximum absolute atomic E-state index is 13.8. The van der Waals surface area contributed by atoms with Crippen LogP contribution in [0.15, 0.2) is 48.5 Å². The van der Waals surface area contributed by atoms with Gasteiger partial charge in [-0.1, -0.05) is 49.7 Å². The van der Waals surface area contributed by atoms with Crippen molar-refractivity contribution in [2.24, 2.45) is 0 Å². The van der Waals surface area contributed by atoms with Crippen molar-refractivity contribution in [3.8, 4) is 5.75 Å². The van der Waals surface area contributed by atoms with Crippen LogP contribution in [0.5, 0.6) is 5.75 Å². The molecule has 0 aliphatic carbocycles. The molecule has 1 amide bonds. The molecule has 3 rings (SSSR count). The van der Waals surface area contributed by atoms with Crippen molar-refractivity contribution < 1.29 is 13.9 Å². The Morgan fingerprint density at radius 1 is 1.11 bits per heavy atom. The fraction of sp³-hybridized carbons (Fsp3) is 0.435. The summed E-state index contributed by atoms with van der Waals surface area (Å²) in [5.74, 6) is -0.584. The SMILES string of the molecule is CCC(Oc1ccccc1F)C(=O)NCc1cccc(CN2CCCCC2)c1. The van der Waals surface area contributed by atoms with Crippen LogP contribution in [-0.4, -0.2) is 30.0 Å². The Bertz CT molecular complexity index is 775. The zero-order valence-corrected chi connectivity index (χ0v) is 16.5. The molecule has 0 radical (unpaired) electrons. The van der Waals surface area contributed by atoms with Gasteiger partial charge in [0.05, 0.1) is 0 Å². The zero-order chi connectivity index (χ0) is 19.8. The van der Waals surface area contributed by atoms with Crippen LogP contribution >= 0.6 is 0 Å². The van der Waals surface area contributed by atoms with Gasteiger partial charge in [-0.15, -0.1) is 0 Å². The number of hydrogen-bond donors (Lipinski definition) is 1. The summed E-state index contributed by atoms with van der Waals surface area (Å²) in [6, 6.07) is 14.5. The third kappa shape index (κ3) is 5.80. The molecule has 4 nitrogen and oxygen atoms in total. The maximum Gasteiger partial charge on any atom is 0.261 e. The summed E-state index contributed by atoms with van der Waals surface area (Å²) in [5, 5.41) is 2.92. The minimum Gasteiger partial charge on any atom is -0.478 e. The monoisotopic (exact) mass is 384 g/mol. The van der Waals surface area contributed by atoms with Gasteiger partial charge in [0.1, 0.15) is 0 Å². The predicted octanol–water partition coefficient (Wildman–Crippen LogP) is 4.29. The first-order chi connectivity index (χ1) is 13.7. The Morgan fingerprint density at radius 2 is 1.86 bits per heavy atom. The van der Waals surface area contributed by atoms with E-state index in [9.17, 15) is 9.18 Å². The minimum atomic E-state index is -0.714. The van der Waals surface area contributed by atoms with Crippen LogP contribution in [0.1, 0.15) is 43.7 Å². The van der Waals surface area contributed by atoms with Gasteiger partial charge in [-0.3, -0.25) is 9.69 Å². The van der Waals surface area contributed by atoms with E-state index >= 15 is 0 Å². The molecule has 28 heavy (non-hydrogen) atoms. The lowest BCUT2D eigenvalue weighted by Crippen LogP contribution is -2.37. The van der Waals surface area contributed by atoms with Crippen LogP contribution < -0.4 is 10.1 Å². The molecular weight excluding hydrogens is 355 g/mol. The molecule has 1 aliphatic heterocycles. The number of rotatable bonds is 8. The van der Waals surface area contributed by atoms with Crippen LogP contribution in [0.4, 0.5) is 4.39 Å². The Kier molecular flexibility index (Phi) is 7.43. The number of halogens is 1. The second kappa shape index (κ2) is 10.2. The number of carbonyl (C=O) groups excluding carboxylic acids is 1. The topological polar surface area (TPSA) is 41.6 Å². The molecule has 5 heteroatoms. The van der Waals surface area contributed by atoms with Crippen LogP contribution in [0, 0.1) is 5.82 Å². The quantitative estimate of drug-likeness (QED) is 0.738. The van der Waals surface area contributed by atoms with Gasteiger partial charge in [0.2, 0.25) is 0 Å². The Morgan fingerprint density at radius 3 is 2.61 bits per heavy atom. The molecule has 0 aromatic heterocycles. The number of likely N-dealkylation sites (tertiary alicyclic amines) is 1. The third-order valence-corrected chi connectivity index (χ3v) is 5.08. The van der Waals surface area contributed by atoms with E-state index in [4.69, 9.17) is 4.74 Å². The third-order valence-electron chi connectivity index (χ3n) is 5.08. The lowest BCUT2D eigenvalue weighted by atomic mass is 10.1. The number of nitrogens with one attached hydrogen (secondary N) is 1. The molecule has 1 aliphatic rings. The van der Waals surface area contributed by atoms with Crippen LogP contribution in [-0.2, 0) is 17.9 Å². The number of benzene rings is 2. The molecule has 1 N–H and O–H groups in total. The number of piperidine rings is 1. The molecular formula is C23H29FN2O2. The lowest BCUT2D eigenvalue weighted by Gasteiger charge is -2.26. The normalized spacial score (nSPS) is 15.8. The first kappa shape index (κ1) is 20.3. The van der Waals surface area contributed by atoms with E-state index in [-0.39, 0.29) is 11.7 Å². The molecule has 1 fully saturated rings. The molecule has 2 aromatic carbocycles. The molecule has 150 valence electrons. The van der Waals surface area contributed by atoms with E-state index < -0.39 is 11.9 Å². The van der Waals surface area contributed by atoms with E-state index in [0.29, 0.717) is 13.0 Å². The van der Waals surface area contributed by atoms with Gasteiger partial charge in [0.15, 0.2) is 17.7 Å². The summed E-state index contributed by atoms with van der Waals surface area (Å²) in [6.07, 6.45) is 3.63. The summed E-state index contributed by atoms with van der Waals surface area (Å²) in [7, 11) is 0. The van der Waals surface area contributed by atoms with E-state index in [2.05, 4.69) is 22.3 Å². The molecule has 2 aromatic rings. The average Bonchev–Trinajstić information content (AvgIpc) is 2.72. The number of hydrogen-bond acceptors (Lipinski definition) is 3. The summed E-state index contributed by atoms with van der Waals surface area (Å²) >= 11 is 0.